The molecule has 0 bridgehead atoms. The topological polar surface area (TPSA) is 89.5 Å². The Balaban J connectivity index is 2.09. The molecule has 2 aromatic carbocycles. The van der Waals surface area contributed by atoms with E-state index in [1.54, 1.807) is 18.2 Å². The predicted octanol–water partition coefficient (Wildman–Crippen LogP) is 5.54. The van der Waals surface area contributed by atoms with Gasteiger partial charge in [-0.2, -0.15) is 0 Å². The molecule has 2 aromatic rings. The van der Waals surface area contributed by atoms with E-state index in [9.17, 15) is 20.2 Å². The van der Waals surface area contributed by atoms with Gasteiger partial charge in [0.05, 0.1) is 15.5 Å². The number of fused-ring (bicyclic) bond motifs is 3. The fourth-order valence-corrected chi connectivity index (χ4v) is 3.45. The molecular weight excluding hydrogens is 346 g/mol. The first-order valence-corrected chi connectivity index (χ1v) is 8.98. The molecule has 0 atom stereocenters. The molecule has 0 spiro atoms. The highest BCUT2D eigenvalue weighted by atomic mass is 16.6. The van der Waals surface area contributed by atoms with Crippen molar-refractivity contribution in [2.45, 2.75) is 32.6 Å². The van der Waals surface area contributed by atoms with Crippen LogP contribution >= 0.6 is 0 Å². The largest absolute Gasteiger partial charge is 0.341 e. The number of anilines is 1. The van der Waals surface area contributed by atoms with Crippen molar-refractivity contribution in [1.29, 1.82) is 0 Å². The molecule has 0 aliphatic carbocycles. The molecule has 0 radical (unpaired) electrons. The van der Waals surface area contributed by atoms with Gasteiger partial charge in [0.2, 0.25) is 0 Å². The first kappa shape index (κ1) is 18.6. The summed E-state index contributed by atoms with van der Waals surface area (Å²) in [5.74, 6) is 0. The summed E-state index contributed by atoms with van der Waals surface area (Å²) in [5, 5.41) is 22.4. The summed E-state index contributed by atoms with van der Waals surface area (Å²) in [4.78, 5) is 23.5. The van der Waals surface area contributed by atoms with Crippen molar-refractivity contribution in [3.63, 3.8) is 0 Å². The molecular formula is C20H21N3O4. The highest BCUT2D eigenvalue weighted by Gasteiger charge is 2.28. The molecule has 140 valence electrons. The molecule has 0 fully saturated rings. The van der Waals surface area contributed by atoms with Crippen molar-refractivity contribution >= 4 is 22.8 Å². The second kappa shape index (κ2) is 7.57. The Morgan fingerprint density at radius 1 is 0.889 bits per heavy atom. The minimum atomic E-state index is -0.426. The van der Waals surface area contributed by atoms with Crippen molar-refractivity contribution in [1.82, 2.24) is 0 Å². The van der Waals surface area contributed by atoms with Gasteiger partial charge in [-0.05, 0) is 24.1 Å². The maximum absolute atomic E-state index is 11.2. The number of nitro benzene ring substituents is 2. The highest BCUT2D eigenvalue weighted by Crippen LogP contribution is 2.46. The van der Waals surface area contributed by atoms with Crippen LogP contribution in [0.3, 0.4) is 0 Å². The molecule has 0 amide bonds. The van der Waals surface area contributed by atoms with Crippen LogP contribution in [-0.2, 0) is 0 Å². The van der Waals surface area contributed by atoms with Gasteiger partial charge in [-0.3, -0.25) is 20.2 Å². The number of unbranched alkanes of at least 4 members (excludes halogenated alkanes) is 3. The van der Waals surface area contributed by atoms with E-state index in [0.717, 1.165) is 42.5 Å². The number of nitro groups is 2. The number of benzene rings is 2. The number of non-ortho nitro benzene ring substituents is 2. The molecule has 0 saturated heterocycles. The average Bonchev–Trinajstić information content (AvgIpc) is 2.66. The van der Waals surface area contributed by atoms with Crippen LogP contribution in [0.15, 0.2) is 43.0 Å². The summed E-state index contributed by atoms with van der Waals surface area (Å²) >= 11 is 0. The maximum atomic E-state index is 11.2. The summed E-state index contributed by atoms with van der Waals surface area (Å²) in [6.07, 6.45) is 4.19. The van der Waals surface area contributed by atoms with Gasteiger partial charge in [-0.15, -0.1) is 0 Å². The van der Waals surface area contributed by atoms with Crippen LogP contribution in [0.2, 0.25) is 0 Å². The van der Waals surface area contributed by atoms with Gasteiger partial charge in [0.1, 0.15) is 0 Å². The van der Waals surface area contributed by atoms with Crippen molar-refractivity contribution < 1.29 is 9.85 Å². The molecule has 1 aliphatic rings. The Hall–Kier alpha value is -3.22. The van der Waals surface area contributed by atoms with Gasteiger partial charge in [-0.1, -0.05) is 32.8 Å². The van der Waals surface area contributed by atoms with E-state index in [0.29, 0.717) is 17.8 Å². The van der Waals surface area contributed by atoms with Gasteiger partial charge >= 0.3 is 0 Å². The lowest BCUT2D eigenvalue weighted by Crippen LogP contribution is -2.26. The van der Waals surface area contributed by atoms with Crippen molar-refractivity contribution in [2.75, 3.05) is 11.4 Å². The Labute approximate surface area is 157 Å². The van der Waals surface area contributed by atoms with Crippen LogP contribution in [0.25, 0.3) is 16.8 Å². The van der Waals surface area contributed by atoms with E-state index in [2.05, 4.69) is 13.5 Å². The Bertz CT molecular complexity index is 923. The molecule has 0 saturated carbocycles. The summed E-state index contributed by atoms with van der Waals surface area (Å²) in [6, 6.07) is 9.41. The number of nitrogens with zero attached hydrogens (tertiary/aromatic N) is 3. The van der Waals surface area contributed by atoms with Crippen molar-refractivity contribution in [3.05, 3.63) is 68.8 Å². The summed E-state index contributed by atoms with van der Waals surface area (Å²) in [7, 11) is 0. The van der Waals surface area contributed by atoms with Crippen LogP contribution in [0.4, 0.5) is 17.1 Å². The summed E-state index contributed by atoms with van der Waals surface area (Å²) < 4.78 is 0. The van der Waals surface area contributed by atoms with Crippen LogP contribution in [0.1, 0.15) is 38.2 Å². The Morgan fingerprint density at radius 2 is 1.52 bits per heavy atom. The lowest BCUT2D eigenvalue weighted by atomic mass is 9.90. The third-order valence-electron chi connectivity index (χ3n) is 4.86. The van der Waals surface area contributed by atoms with E-state index >= 15 is 0 Å². The average molecular weight is 367 g/mol. The molecule has 0 N–H and O–H groups in total. The van der Waals surface area contributed by atoms with E-state index in [1.165, 1.54) is 18.2 Å². The number of rotatable bonds is 7. The smallest absolute Gasteiger partial charge is 0.271 e. The number of hydrogen-bond acceptors (Lipinski definition) is 5. The van der Waals surface area contributed by atoms with Crippen molar-refractivity contribution in [3.8, 4) is 11.1 Å². The fraction of sp³-hybridized carbons (Fsp3) is 0.300. The van der Waals surface area contributed by atoms with Crippen LogP contribution in [0.5, 0.6) is 0 Å². The van der Waals surface area contributed by atoms with E-state index in [1.807, 2.05) is 4.90 Å². The minimum absolute atomic E-state index is 0.00574. The lowest BCUT2D eigenvalue weighted by molar-refractivity contribution is -0.385. The zero-order valence-corrected chi connectivity index (χ0v) is 15.2. The molecule has 0 aromatic heterocycles. The molecule has 7 heteroatoms. The zero-order chi connectivity index (χ0) is 19.6. The SMILES string of the molecule is C=C1c2cc([N+](=O)[O-])ccc2-c2ccc([N+](=O)[O-])cc2N1CCCCCC. The summed E-state index contributed by atoms with van der Waals surface area (Å²) in [5.41, 5.74) is 3.72. The third-order valence-corrected chi connectivity index (χ3v) is 4.86. The maximum Gasteiger partial charge on any atom is 0.271 e. The van der Waals surface area contributed by atoms with Gasteiger partial charge in [0.25, 0.3) is 11.4 Å². The van der Waals surface area contributed by atoms with Crippen LogP contribution in [0, 0.1) is 20.2 Å². The predicted molar refractivity (Wildman–Crippen MR) is 106 cm³/mol. The third kappa shape index (κ3) is 3.53. The standard InChI is InChI=1S/C20H21N3O4/c1-3-4-5-6-11-21-14(2)19-12-15(22(24)25)7-9-17(19)18-10-8-16(23(26)27)13-20(18)21/h7-10,12-13H,2-6,11H2,1H3. The van der Waals surface area contributed by atoms with Gasteiger partial charge in [-0.25, -0.2) is 0 Å². The molecule has 27 heavy (non-hydrogen) atoms. The quantitative estimate of drug-likeness (QED) is 0.364. The molecule has 1 aliphatic heterocycles. The second-order valence-corrected chi connectivity index (χ2v) is 6.60. The zero-order valence-electron chi connectivity index (χ0n) is 15.2. The van der Waals surface area contributed by atoms with E-state index in [4.69, 9.17) is 0 Å². The minimum Gasteiger partial charge on any atom is -0.341 e. The van der Waals surface area contributed by atoms with Crippen LogP contribution < -0.4 is 4.90 Å². The fourth-order valence-electron chi connectivity index (χ4n) is 3.45. The van der Waals surface area contributed by atoms with Gasteiger partial charge in [0.15, 0.2) is 0 Å². The second-order valence-electron chi connectivity index (χ2n) is 6.60. The molecule has 3 rings (SSSR count). The summed E-state index contributed by atoms with van der Waals surface area (Å²) in [6.45, 7) is 6.94. The van der Waals surface area contributed by atoms with Crippen molar-refractivity contribution in [2.24, 2.45) is 0 Å². The molecule has 7 nitrogen and oxygen atoms in total. The first-order chi connectivity index (χ1) is 12.9. The normalized spacial score (nSPS) is 12.5. The monoisotopic (exact) mass is 367 g/mol. The van der Waals surface area contributed by atoms with Gasteiger partial charge < -0.3 is 4.90 Å². The first-order valence-electron chi connectivity index (χ1n) is 8.98. The number of hydrogen-bond donors (Lipinski definition) is 0. The van der Waals surface area contributed by atoms with E-state index < -0.39 is 9.85 Å². The molecule has 0 unspecified atom stereocenters. The molecule has 1 heterocycles. The Kier molecular flexibility index (Phi) is 5.21. The van der Waals surface area contributed by atoms with Gasteiger partial charge in [0, 0.05) is 47.6 Å². The highest BCUT2D eigenvalue weighted by molar-refractivity contribution is 5.99. The Morgan fingerprint density at radius 3 is 2.15 bits per heavy atom. The van der Waals surface area contributed by atoms with Crippen LogP contribution in [-0.4, -0.2) is 16.4 Å². The van der Waals surface area contributed by atoms with E-state index in [-0.39, 0.29) is 11.4 Å². The lowest BCUT2D eigenvalue weighted by Gasteiger charge is -2.34.